The van der Waals surface area contributed by atoms with Crippen LogP contribution in [0.1, 0.15) is 45.6 Å². The molecule has 0 radical (unpaired) electrons. The van der Waals surface area contributed by atoms with Crippen LogP contribution >= 0.6 is 11.6 Å². The predicted molar refractivity (Wildman–Crippen MR) is 94.9 cm³/mol. The summed E-state index contributed by atoms with van der Waals surface area (Å²) >= 11 is 5.98. The molecule has 0 aliphatic carbocycles. The summed E-state index contributed by atoms with van der Waals surface area (Å²) in [6, 6.07) is 8.16. The van der Waals surface area contributed by atoms with Crippen molar-refractivity contribution in [1.82, 2.24) is 4.90 Å². The van der Waals surface area contributed by atoms with Crippen molar-refractivity contribution < 1.29 is 9.53 Å². The molecule has 128 valence electrons. The smallest absolute Gasteiger partial charge is 0.309 e. The van der Waals surface area contributed by atoms with E-state index in [-0.39, 0.29) is 17.3 Å². The van der Waals surface area contributed by atoms with Crippen LogP contribution in [-0.2, 0) is 14.9 Å². The maximum absolute atomic E-state index is 11.8. The molecule has 0 N–H and O–H groups in total. The first-order chi connectivity index (χ1) is 10.9. The Balaban J connectivity index is 1.80. The van der Waals surface area contributed by atoms with E-state index >= 15 is 0 Å². The number of esters is 1. The molecule has 0 bridgehead atoms. The van der Waals surface area contributed by atoms with Crippen molar-refractivity contribution in [2.45, 2.75) is 45.4 Å². The molecule has 1 saturated heterocycles. The number of rotatable bonds is 6. The summed E-state index contributed by atoms with van der Waals surface area (Å²) in [6.07, 6.45) is 2.93. The Labute approximate surface area is 145 Å². The Hall–Kier alpha value is -1.06. The molecule has 1 aromatic rings. The van der Waals surface area contributed by atoms with Gasteiger partial charge in [-0.3, -0.25) is 4.79 Å². The van der Waals surface area contributed by atoms with Gasteiger partial charge in [0.25, 0.3) is 0 Å². The molecule has 1 aromatic carbocycles. The number of hydrogen-bond acceptors (Lipinski definition) is 3. The van der Waals surface area contributed by atoms with Crippen LogP contribution in [0.15, 0.2) is 24.3 Å². The molecule has 0 saturated carbocycles. The first kappa shape index (κ1) is 18.3. The summed E-state index contributed by atoms with van der Waals surface area (Å²) in [5.41, 5.74) is 1.45. The van der Waals surface area contributed by atoms with Crippen molar-refractivity contribution in [3.05, 3.63) is 34.9 Å². The topological polar surface area (TPSA) is 29.5 Å². The maximum Gasteiger partial charge on any atom is 0.309 e. The van der Waals surface area contributed by atoms with Crippen LogP contribution in [0.25, 0.3) is 0 Å². The Bertz CT molecular complexity index is 505. The minimum Gasteiger partial charge on any atom is -0.466 e. The van der Waals surface area contributed by atoms with Gasteiger partial charge < -0.3 is 9.64 Å². The third kappa shape index (κ3) is 5.22. The molecule has 1 aliphatic heterocycles. The fourth-order valence-corrected chi connectivity index (χ4v) is 3.26. The maximum atomic E-state index is 11.8. The third-order valence-electron chi connectivity index (χ3n) is 4.89. The third-order valence-corrected chi connectivity index (χ3v) is 5.14. The standard InChI is InChI=1S/C19H28ClNO2/c1-4-23-18(22)15-9-12-21(13-10-15)14-11-19(2,3)16-5-7-17(20)8-6-16/h5-8,15H,4,9-14H2,1-3H3. The monoisotopic (exact) mass is 337 g/mol. The molecule has 2 rings (SSSR count). The first-order valence-corrected chi connectivity index (χ1v) is 8.95. The Morgan fingerprint density at radius 3 is 2.43 bits per heavy atom. The number of ether oxygens (including phenoxy) is 1. The molecule has 0 spiro atoms. The molecular weight excluding hydrogens is 310 g/mol. The van der Waals surface area contributed by atoms with Gasteiger partial charge in [0.1, 0.15) is 0 Å². The zero-order valence-corrected chi connectivity index (χ0v) is 15.2. The summed E-state index contributed by atoms with van der Waals surface area (Å²) in [4.78, 5) is 14.2. The molecular formula is C19H28ClNO2. The molecule has 4 heteroatoms. The summed E-state index contributed by atoms with van der Waals surface area (Å²) in [5, 5.41) is 0.783. The van der Waals surface area contributed by atoms with Crippen molar-refractivity contribution in [3.8, 4) is 0 Å². The van der Waals surface area contributed by atoms with Gasteiger partial charge in [-0.1, -0.05) is 37.6 Å². The normalized spacial score (nSPS) is 17.2. The number of carbonyl (C=O) groups is 1. The van der Waals surface area contributed by atoms with Gasteiger partial charge in [-0.15, -0.1) is 0 Å². The number of halogens is 1. The second-order valence-electron chi connectivity index (χ2n) is 7.01. The minimum atomic E-state index is -0.0198. The number of piperidine rings is 1. The summed E-state index contributed by atoms with van der Waals surface area (Å²) in [6.45, 7) is 9.94. The SMILES string of the molecule is CCOC(=O)C1CCN(CCC(C)(C)c2ccc(Cl)cc2)CC1. The molecule has 0 unspecified atom stereocenters. The molecule has 0 amide bonds. The van der Waals surface area contributed by atoms with Gasteiger partial charge in [-0.05, 0) is 68.9 Å². The zero-order valence-electron chi connectivity index (χ0n) is 14.5. The van der Waals surface area contributed by atoms with Crippen LogP contribution in [0.5, 0.6) is 0 Å². The first-order valence-electron chi connectivity index (χ1n) is 8.57. The van der Waals surface area contributed by atoms with E-state index in [1.165, 1.54) is 5.56 Å². The van der Waals surface area contributed by atoms with Gasteiger partial charge in [-0.2, -0.15) is 0 Å². The molecule has 23 heavy (non-hydrogen) atoms. The summed E-state index contributed by atoms with van der Waals surface area (Å²) < 4.78 is 5.13. The molecule has 3 nitrogen and oxygen atoms in total. The van der Waals surface area contributed by atoms with Crippen LogP contribution in [0.3, 0.4) is 0 Å². The fraction of sp³-hybridized carbons (Fsp3) is 0.632. The number of nitrogens with zero attached hydrogens (tertiary/aromatic N) is 1. The highest BCUT2D eigenvalue weighted by atomic mass is 35.5. The molecule has 0 atom stereocenters. The lowest BCUT2D eigenvalue weighted by molar-refractivity contribution is -0.149. The second kappa shape index (κ2) is 8.16. The van der Waals surface area contributed by atoms with Crippen molar-refractivity contribution in [1.29, 1.82) is 0 Å². The van der Waals surface area contributed by atoms with E-state index in [0.717, 1.165) is 43.9 Å². The molecule has 1 fully saturated rings. The van der Waals surface area contributed by atoms with Gasteiger partial charge in [0.05, 0.1) is 12.5 Å². The van der Waals surface area contributed by atoms with Crippen LogP contribution in [0.4, 0.5) is 0 Å². The van der Waals surface area contributed by atoms with E-state index in [4.69, 9.17) is 16.3 Å². The lowest BCUT2D eigenvalue weighted by Gasteiger charge is -2.34. The van der Waals surface area contributed by atoms with Gasteiger partial charge >= 0.3 is 5.97 Å². The zero-order chi connectivity index (χ0) is 16.9. The van der Waals surface area contributed by atoms with Crippen molar-refractivity contribution in [3.63, 3.8) is 0 Å². The fourth-order valence-electron chi connectivity index (χ4n) is 3.14. The van der Waals surface area contributed by atoms with Crippen LogP contribution in [-0.4, -0.2) is 37.1 Å². The lowest BCUT2D eigenvalue weighted by Crippen LogP contribution is -2.39. The largest absolute Gasteiger partial charge is 0.466 e. The minimum absolute atomic E-state index is 0.0198. The second-order valence-corrected chi connectivity index (χ2v) is 7.45. The highest BCUT2D eigenvalue weighted by Gasteiger charge is 2.27. The molecule has 1 heterocycles. The quantitative estimate of drug-likeness (QED) is 0.725. The molecule has 0 aromatic heterocycles. The van der Waals surface area contributed by atoms with Crippen molar-refractivity contribution >= 4 is 17.6 Å². The van der Waals surface area contributed by atoms with Crippen molar-refractivity contribution in [2.75, 3.05) is 26.2 Å². The summed E-state index contributed by atoms with van der Waals surface area (Å²) in [5.74, 6) is 0.0733. The van der Waals surface area contributed by atoms with Crippen molar-refractivity contribution in [2.24, 2.45) is 5.92 Å². The number of likely N-dealkylation sites (tertiary alicyclic amines) is 1. The highest BCUT2D eigenvalue weighted by molar-refractivity contribution is 6.30. The van der Waals surface area contributed by atoms with E-state index in [1.807, 2.05) is 19.1 Å². The van der Waals surface area contributed by atoms with Crippen LogP contribution in [0.2, 0.25) is 5.02 Å². The average Bonchev–Trinajstić information content (AvgIpc) is 2.54. The van der Waals surface area contributed by atoms with E-state index in [0.29, 0.717) is 6.61 Å². The number of carbonyl (C=O) groups excluding carboxylic acids is 1. The summed E-state index contributed by atoms with van der Waals surface area (Å²) in [7, 11) is 0. The van der Waals surface area contributed by atoms with Gasteiger partial charge in [-0.25, -0.2) is 0 Å². The van der Waals surface area contributed by atoms with Gasteiger partial charge in [0.15, 0.2) is 0 Å². The van der Waals surface area contributed by atoms with Crippen LogP contribution in [0, 0.1) is 5.92 Å². The van der Waals surface area contributed by atoms with E-state index < -0.39 is 0 Å². The van der Waals surface area contributed by atoms with Gasteiger partial charge in [0, 0.05) is 5.02 Å². The van der Waals surface area contributed by atoms with E-state index in [2.05, 4.69) is 30.9 Å². The Morgan fingerprint density at radius 1 is 1.26 bits per heavy atom. The molecule has 1 aliphatic rings. The van der Waals surface area contributed by atoms with Gasteiger partial charge in [0.2, 0.25) is 0 Å². The number of benzene rings is 1. The van der Waals surface area contributed by atoms with Crippen LogP contribution < -0.4 is 0 Å². The Kier molecular flexibility index (Phi) is 6.49. The highest BCUT2D eigenvalue weighted by Crippen LogP contribution is 2.29. The average molecular weight is 338 g/mol. The lowest BCUT2D eigenvalue weighted by atomic mass is 9.81. The Morgan fingerprint density at radius 2 is 1.87 bits per heavy atom. The number of hydrogen-bond donors (Lipinski definition) is 0. The van der Waals surface area contributed by atoms with E-state index in [1.54, 1.807) is 0 Å². The predicted octanol–water partition coefficient (Wildman–Crippen LogP) is 4.28. The van der Waals surface area contributed by atoms with E-state index in [9.17, 15) is 4.79 Å².